The van der Waals surface area contributed by atoms with E-state index in [1.807, 2.05) is 18.2 Å². The van der Waals surface area contributed by atoms with E-state index < -0.39 is 6.10 Å². The Morgan fingerprint density at radius 3 is 2.43 bits per heavy atom. The summed E-state index contributed by atoms with van der Waals surface area (Å²) in [5.41, 5.74) is 1.06. The number of aliphatic hydroxyl groups excluding tert-OH is 1. The molecule has 1 unspecified atom stereocenters. The Morgan fingerprint density at radius 1 is 1.22 bits per heavy atom. The molecule has 0 saturated carbocycles. The first-order valence-corrected chi connectivity index (χ1v) is 8.12. The number of rotatable bonds is 6. The number of likely N-dealkylation sites (tertiary alicyclic amines) is 1. The maximum absolute atomic E-state index is 10.2. The van der Waals surface area contributed by atoms with Crippen molar-refractivity contribution in [3.63, 3.8) is 0 Å². The Kier molecular flexibility index (Phi) is 7.65. The van der Waals surface area contributed by atoms with E-state index >= 15 is 0 Å². The van der Waals surface area contributed by atoms with Crippen molar-refractivity contribution in [3.05, 3.63) is 23.8 Å². The summed E-state index contributed by atoms with van der Waals surface area (Å²) in [4.78, 5) is 2.30. The minimum absolute atomic E-state index is 0. The van der Waals surface area contributed by atoms with E-state index in [-0.39, 0.29) is 17.8 Å². The number of halogens is 1. The molecule has 0 radical (unpaired) electrons. The molecule has 0 amide bonds. The van der Waals surface area contributed by atoms with E-state index in [1.165, 1.54) is 12.8 Å². The molecule has 0 bridgehead atoms. The average molecular weight is 344 g/mol. The van der Waals surface area contributed by atoms with Crippen molar-refractivity contribution >= 4 is 12.4 Å². The predicted octanol–water partition coefficient (Wildman–Crippen LogP) is 3.25. The highest BCUT2D eigenvalue weighted by Gasteiger charge is 2.21. The van der Waals surface area contributed by atoms with Crippen molar-refractivity contribution in [3.8, 4) is 11.5 Å². The summed E-state index contributed by atoms with van der Waals surface area (Å²) in [5.74, 6) is 1.66. The van der Waals surface area contributed by atoms with Gasteiger partial charge >= 0.3 is 0 Å². The fourth-order valence-electron chi connectivity index (χ4n) is 2.85. The van der Waals surface area contributed by atoms with Gasteiger partial charge in [-0.2, -0.15) is 0 Å². The highest BCUT2D eigenvalue weighted by atomic mass is 35.5. The van der Waals surface area contributed by atoms with Crippen molar-refractivity contribution in [1.29, 1.82) is 0 Å². The largest absolute Gasteiger partial charge is 0.497 e. The molecule has 5 heteroatoms. The second kappa shape index (κ2) is 8.76. The van der Waals surface area contributed by atoms with Gasteiger partial charge in [0.15, 0.2) is 0 Å². The fraction of sp³-hybridized carbons (Fsp3) is 0.667. The van der Waals surface area contributed by atoms with Crippen molar-refractivity contribution in [2.45, 2.75) is 45.1 Å². The topological polar surface area (TPSA) is 41.9 Å². The van der Waals surface area contributed by atoms with Crippen molar-refractivity contribution in [2.24, 2.45) is 0 Å². The molecule has 1 heterocycles. The van der Waals surface area contributed by atoms with E-state index in [0.29, 0.717) is 13.2 Å². The highest BCUT2D eigenvalue weighted by Crippen LogP contribution is 2.34. The summed E-state index contributed by atoms with van der Waals surface area (Å²) in [6, 6.07) is 5.85. The summed E-state index contributed by atoms with van der Waals surface area (Å²) >= 11 is 0. The van der Waals surface area contributed by atoms with Crippen LogP contribution in [0.15, 0.2) is 18.2 Å². The van der Waals surface area contributed by atoms with Crippen LogP contribution in [0.1, 0.15) is 39.2 Å². The normalized spacial score (nSPS) is 16.7. The first kappa shape index (κ1) is 20.1. The Labute approximate surface area is 146 Å². The summed E-state index contributed by atoms with van der Waals surface area (Å²) < 4.78 is 11.2. The van der Waals surface area contributed by atoms with Gasteiger partial charge in [-0.15, -0.1) is 12.4 Å². The Balaban J connectivity index is 0.00000264. The van der Waals surface area contributed by atoms with Gasteiger partial charge < -0.3 is 19.5 Å². The molecular formula is C18H30ClNO3. The fourth-order valence-corrected chi connectivity index (χ4v) is 2.85. The number of hydrogen-bond donors (Lipinski definition) is 1. The highest BCUT2D eigenvalue weighted by molar-refractivity contribution is 5.85. The monoisotopic (exact) mass is 343 g/mol. The minimum atomic E-state index is -0.451. The zero-order valence-electron chi connectivity index (χ0n) is 14.7. The molecule has 1 fully saturated rings. The Bertz CT molecular complexity index is 482. The van der Waals surface area contributed by atoms with Gasteiger partial charge in [-0.3, -0.25) is 0 Å². The lowest BCUT2D eigenvalue weighted by molar-refractivity contribution is 0.0750. The number of benzene rings is 1. The van der Waals surface area contributed by atoms with Gasteiger partial charge in [0, 0.05) is 12.1 Å². The average Bonchev–Trinajstić information content (AvgIpc) is 2.96. The first-order chi connectivity index (χ1) is 10.4. The number of methoxy groups -OCH3 is 1. The lowest BCUT2D eigenvalue weighted by Gasteiger charge is -2.25. The van der Waals surface area contributed by atoms with Crippen LogP contribution in [0.25, 0.3) is 0 Å². The molecule has 0 spiro atoms. The van der Waals surface area contributed by atoms with Gasteiger partial charge in [0.25, 0.3) is 0 Å². The molecule has 1 atom stereocenters. The minimum Gasteiger partial charge on any atom is -0.497 e. The molecule has 1 N–H and O–H groups in total. The molecule has 1 saturated heterocycles. The molecule has 132 valence electrons. The smallest absolute Gasteiger partial charge is 0.123 e. The lowest BCUT2D eigenvalue weighted by Crippen LogP contribution is -2.34. The molecule has 0 aromatic heterocycles. The summed E-state index contributed by atoms with van der Waals surface area (Å²) in [7, 11) is 1.67. The molecule has 23 heavy (non-hydrogen) atoms. The van der Waals surface area contributed by atoms with E-state index in [0.717, 1.165) is 30.2 Å². The second-order valence-electron chi connectivity index (χ2n) is 7.08. The van der Waals surface area contributed by atoms with Gasteiger partial charge in [-0.25, -0.2) is 0 Å². The van der Waals surface area contributed by atoms with Gasteiger partial charge in [0.2, 0.25) is 0 Å². The SMILES string of the molecule is COc1ccc(OCC(O)CN2CCCC2)c(C(C)(C)C)c1.Cl. The molecule has 4 nitrogen and oxygen atoms in total. The van der Waals surface area contributed by atoms with E-state index in [9.17, 15) is 5.11 Å². The zero-order valence-corrected chi connectivity index (χ0v) is 15.5. The zero-order chi connectivity index (χ0) is 16.2. The quantitative estimate of drug-likeness (QED) is 0.861. The van der Waals surface area contributed by atoms with Crippen LogP contribution in [0.2, 0.25) is 0 Å². The number of ether oxygens (including phenoxy) is 2. The molecule has 1 aliphatic rings. The van der Waals surface area contributed by atoms with E-state index in [4.69, 9.17) is 9.47 Å². The third-order valence-corrected chi connectivity index (χ3v) is 4.09. The maximum Gasteiger partial charge on any atom is 0.123 e. The molecule has 2 rings (SSSR count). The Hall–Kier alpha value is -0.970. The summed E-state index contributed by atoms with van der Waals surface area (Å²) in [6.45, 7) is 9.65. The maximum atomic E-state index is 10.2. The standard InChI is InChI=1S/C18H29NO3.ClH/c1-18(2,3)16-11-15(21-4)7-8-17(16)22-13-14(20)12-19-9-5-6-10-19;/h7-8,11,14,20H,5-6,9-10,12-13H2,1-4H3;1H. The van der Waals surface area contributed by atoms with Gasteiger partial charge in [0.05, 0.1) is 7.11 Å². The third kappa shape index (κ3) is 5.87. The third-order valence-electron chi connectivity index (χ3n) is 4.09. The predicted molar refractivity (Wildman–Crippen MR) is 96.1 cm³/mol. The van der Waals surface area contributed by atoms with Crippen LogP contribution in [-0.2, 0) is 5.41 Å². The van der Waals surface area contributed by atoms with Crippen molar-refractivity contribution in [1.82, 2.24) is 4.90 Å². The molecule has 1 aliphatic heterocycles. The van der Waals surface area contributed by atoms with Crippen LogP contribution < -0.4 is 9.47 Å². The van der Waals surface area contributed by atoms with Crippen LogP contribution in [0.5, 0.6) is 11.5 Å². The van der Waals surface area contributed by atoms with Gasteiger partial charge in [-0.05, 0) is 49.5 Å². The molecule has 0 aliphatic carbocycles. The lowest BCUT2D eigenvalue weighted by atomic mass is 9.86. The first-order valence-electron chi connectivity index (χ1n) is 8.12. The van der Waals surface area contributed by atoms with Crippen LogP contribution in [-0.4, -0.2) is 49.5 Å². The van der Waals surface area contributed by atoms with Crippen molar-refractivity contribution in [2.75, 3.05) is 33.4 Å². The van der Waals surface area contributed by atoms with Gasteiger partial charge in [-0.1, -0.05) is 20.8 Å². The second-order valence-corrected chi connectivity index (χ2v) is 7.08. The van der Waals surface area contributed by atoms with Crippen LogP contribution >= 0.6 is 12.4 Å². The number of β-amino-alcohol motifs (C(OH)–C–C–N with tert-alkyl or cyclic N) is 1. The number of hydrogen-bond acceptors (Lipinski definition) is 4. The Morgan fingerprint density at radius 2 is 1.87 bits per heavy atom. The van der Waals surface area contributed by atoms with E-state index in [2.05, 4.69) is 25.7 Å². The van der Waals surface area contributed by atoms with Crippen molar-refractivity contribution < 1.29 is 14.6 Å². The molecule has 1 aromatic carbocycles. The number of nitrogens with zero attached hydrogens (tertiary/aromatic N) is 1. The van der Waals surface area contributed by atoms with Crippen LogP contribution in [0.3, 0.4) is 0 Å². The molecule has 1 aromatic rings. The van der Waals surface area contributed by atoms with E-state index in [1.54, 1.807) is 7.11 Å². The molecular weight excluding hydrogens is 314 g/mol. The van der Waals surface area contributed by atoms with Crippen LogP contribution in [0, 0.1) is 0 Å². The summed E-state index contributed by atoms with van der Waals surface area (Å²) in [6.07, 6.45) is 2.02. The van der Waals surface area contributed by atoms with Gasteiger partial charge in [0.1, 0.15) is 24.2 Å². The summed E-state index contributed by atoms with van der Waals surface area (Å²) in [5, 5.41) is 10.2. The van der Waals surface area contributed by atoms with Crippen LogP contribution in [0.4, 0.5) is 0 Å². The number of aliphatic hydroxyl groups is 1.